The number of hydrogen-bond acceptors (Lipinski definition) is 5. The summed E-state index contributed by atoms with van der Waals surface area (Å²) in [5.74, 6) is -0.969. The van der Waals surface area contributed by atoms with Crippen LogP contribution in [-0.4, -0.2) is 36.6 Å². The van der Waals surface area contributed by atoms with Crippen LogP contribution in [0.2, 0.25) is 0 Å². The van der Waals surface area contributed by atoms with Gasteiger partial charge in [-0.3, -0.25) is 14.4 Å². The molecule has 35 heavy (non-hydrogen) atoms. The minimum Gasteiger partial charge on any atom is -0.465 e. The first-order valence-electron chi connectivity index (χ1n) is 11.2. The third-order valence-corrected chi connectivity index (χ3v) is 5.35. The molecule has 0 saturated carbocycles. The first kappa shape index (κ1) is 25.6. The van der Waals surface area contributed by atoms with Crippen molar-refractivity contribution in [1.82, 2.24) is 5.32 Å². The number of carbonyl (C=O) groups is 3. The van der Waals surface area contributed by atoms with E-state index in [1.807, 2.05) is 60.7 Å². The maximum absolute atomic E-state index is 12.7. The molecule has 0 radical (unpaired) electrons. The van der Waals surface area contributed by atoms with E-state index in [1.54, 1.807) is 36.2 Å². The molecule has 0 atom stereocenters. The van der Waals surface area contributed by atoms with Crippen molar-refractivity contribution in [3.05, 3.63) is 96.1 Å². The normalized spacial score (nSPS) is 10.2. The van der Waals surface area contributed by atoms with Gasteiger partial charge in [0.25, 0.3) is 5.91 Å². The molecule has 0 heterocycles. The Hall–Kier alpha value is -4.04. The molecule has 0 fully saturated rings. The van der Waals surface area contributed by atoms with Crippen LogP contribution in [0.4, 0.5) is 11.4 Å². The van der Waals surface area contributed by atoms with Crippen molar-refractivity contribution in [2.75, 3.05) is 23.9 Å². The lowest BCUT2D eigenvalue weighted by Crippen LogP contribution is -2.34. The fourth-order valence-corrected chi connectivity index (χ4v) is 3.46. The maximum atomic E-state index is 12.7. The fraction of sp³-hybridized carbons (Fsp3) is 0.185. The Kier molecular flexibility index (Phi) is 9.50. The van der Waals surface area contributed by atoms with Crippen molar-refractivity contribution in [1.29, 1.82) is 0 Å². The van der Waals surface area contributed by atoms with Gasteiger partial charge in [0.15, 0.2) is 5.11 Å². The third-order valence-electron chi connectivity index (χ3n) is 5.14. The van der Waals surface area contributed by atoms with Crippen LogP contribution in [0.1, 0.15) is 28.8 Å². The van der Waals surface area contributed by atoms with Crippen LogP contribution in [0.15, 0.2) is 84.9 Å². The molecule has 3 aromatic carbocycles. The van der Waals surface area contributed by atoms with Gasteiger partial charge in [0, 0.05) is 36.8 Å². The van der Waals surface area contributed by atoms with Crippen LogP contribution in [0.3, 0.4) is 0 Å². The van der Waals surface area contributed by atoms with E-state index < -0.39 is 11.9 Å². The summed E-state index contributed by atoms with van der Waals surface area (Å²) in [6.07, 6.45) is 0.555. The lowest BCUT2D eigenvalue weighted by molar-refractivity contribution is -0.144. The predicted molar refractivity (Wildman–Crippen MR) is 140 cm³/mol. The lowest BCUT2D eigenvalue weighted by atomic mass is 10.1. The Bertz CT molecular complexity index is 1150. The number of hydrogen-bond donors (Lipinski definition) is 2. The Morgan fingerprint density at radius 2 is 1.49 bits per heavy atom. The van der Waals surface area contributed by atoms with E-state index in [2.05, 4.69) is 10.6 Å². The number of esters is 1. The number of thiocarbonyl (C=S) groups is 1. The van der Waals surface area contributed by atoms with E-state index in [4.69, 9.17) is 17.0 Å². The molecule has 180 valence electrons. The van der Waals surface area contributed by atoms with Crippen molar-refractivity contribution in [3.63, 3.8) is 0 Å². The van der Waals surface area contributed by atoms with Gasteiger partial charge in [-0.05, 0) is 54.2 Å². The number of para-hydroxylation sites is 1. The maximum Gasteiger partial charge on any atom is 0.306 e. The van der Waals surface area contributed by atoms with E-state index in [0.29, 0.717) is 17.7 Å². The van der Waals surface area contributed by atoms with Crippen LogP contribution in [-0.2, 0) is 20.7 Å². The summed E-state index contributed by atoms with van der Waals surface area (Å²) in [6, 6.07) is 25.8. The molecular formula is C27H27N3O4S. The van der Waals surface area contributed by atoms with Gasteiger partial charge in [-0.2, -0.15) is 0 Å². The monoisotopic (exact) mass is 489 g/mol. The number of carbonyl (C=O) groups excluding carboxylic acids is 3. The minimum absolute atomic E-state index is 0.0328. The topological polar surface area (TPSA) is 87.7 Å². The number of nitrogens with zero attached hydrogens (tertiary/aromatic N) is 1. The molecule has 2 N–H and O–H groups in total. The molecule has 0 aromatic heterocycles. The van der Waals surface area contributed by atoms with Gasteiger partial charge in [0.2, 0.25) is 5.91 Å². The summed E-state index contributed by atoms with van der Waals surface area (Å²) in [5, 5.41) is 5.54. The average molecular weight is 490 g/mol. The number of anilines is 2. The van der Waals surface area contributed by atoms with E-state index in [0.717, 1.165) is 11.3 Å². The van der Waals surface area contributed by atoms with E-state index in [-0.39, 0.29) is 30.5 Å². The molecule has 0 unspecified atom stereocenters. The molecule has 3 rings (SSSR count). The second-order valence-electron chi connectivity index (χ2n) is 7.74. The van der Waals surface area contributed by atoms with Crippen LogP contribution >= 0.6 is 12.2 Å². The Morgan fingerprint density at radius 3 is 2.14 bits per heavy atom. The molecule has 0 spiro atoms. The summed E-state index contributed by atoms with van der Waals surface area (Å²) in [7, 11) is 1.72. The van der Waals surface area contributed by atoms with Crippen LogP contribution in [0, 0.1) is 0 Å². The molecule has 3 aromatic rings. The fourth-order valence-electron chi connectivity index (χ4n) is 3.23. The van der Waals surface area contributed by atoms with E-state index in [9.17, 15) is 14.4 Å². The SMILES string of the molecule is CN(C(=O)c1ccc(NC(=S)NC(=O)CCC(=O)OCCc2ccccc2)cc1)c1ccccc1. The molecule has 0 saturated heterocycles. The summed E-state index contributed by atoms with van der Waals surface area (Å²) < 4.78 is 5.17. The number of ether oxygens (including phenoxy) is 1. The van der Waals surface area contributed by atoms with Crippen LogP contribution < -0.4 is 15.5 Å². The highest BCUT2D eigenvalue weighted by Crippen LogP contribution is 2.16. The highest BCUT2D eigenvalue weighted by molar-refractivity contribution is 7.80. The van der Waals surface area contributed by atoms with Crippen LogP contribution in [0.5, 0.6) is 0 Å². The summed E-state index contributed by atoms with van der Waals surface area (Å²) in [4.78, 5) is 38.2. The van der Waals surface area contributed by atoms with Gasteiger partial charge in [-0.1, -0.05) is 48.5 Å². The number of amides is 2. The average Bonchev–Trinajstić information content (AvgIpc) is 2.88. The van der Waals surface area contributed by atoms with Gasteiger partial charge in [-0.15, -0.1) is 0 Å². The summed E-state index contributed by atoms with van der Waals surface area (Å²) in [5.41, 5.74) is 3.01. The van der Waals surface area contributed by atoms with Crippen molar-refractivity contribution < 1.29 is 19.1 Å². The number of nitrogens with one attached hydrogen (secondary N) is 2. The molecule has 0 aliphatic heterocycles. The predicted octanol–water partition coefficient (Wildman–Crippen LogP) is 4.34. The molecule has 2 amide bonds. The first-order valence-corrected chi connectivity index (χ1v) is 11.6. The zero-order chi connectivity index (χ0) is 25.0. The zero-order valence-electron chi connectivity index (χ0n) is 19.4. The van der Waals surface area contributed by atoms with Crippen molar-refractivity contribution >= 4 is 46.5 Å². The molecular weight excluding hydrogens is 462 g/mol. The minimum atomic E-state index is -0.435. The molecule has 8 heteroatoms. The number of benzene rings is 3. The van der Waals surface area contributed by atoms with Gasteiger partial charge in [-0.25, -0.2) is 0 Å². The summed E-state index contributed by atoms with van der Waals surface area (Å²) in [6.45, 7) is 0.268. The van der Waals surface area contributed by atoms with E-state index >= 15 is 0 Å². The second kappa shape index (κ2) is 13.0. The van der Waals surface area contributed by atoms with Crippen molar-refractivity contribution in [2.24, 2.45) is 0 Å². The largest absolute Gasteiger partial charge is 0.465 e. The van der Waals surface area contributed by atoms with Gasteiger partial charge in [0.1, 0.15) is 0 Å². The Labute approximate surface area is 210 Å². The lowest BCUT2D eigenvalue weighted by Gasteiger charge is -2.17. The van der Waals surface area contributed by atoms with Gasteiger partial charge < -0.3 is 20.3 Å². The summed E-state index contributed by atoms with van der Waals surface area (Å²) >= 11 is 5.17. The molecule has 0 aliphatic rings. The molecule has 7 nitrogen and oxygen atoms in total. The first-order chi connectivity index (χ1) is 16.9. The van der Waals surface area contributed by atoms with E-state index in [1.165, 1.54) is 0 Å². The number of rotatable bonds is 9. The zero-order valence-corrected chi connectivity index (χ0v) is 20.2. The highest BCUT2D eigenvalue weighted by Gasteiger charge is 2.14. The standard InChI is InChI=1S/C27H27N3O4S/c1-30(23-10-6-3-7-11-23)26(33)21-12-14-22(15-13-21)28-27(35)29-24(31)16-17-25(32)34-19-18-20-8-4-2-5-9-20/h2-15H,16-19H2,1H3,(H2,28,29,31,35). The van der Waals surface area contributed by atoms with Crippen molar-refractivity contribution in [2.45, 2.75) is 19.3 Å². The quantitative estimate of drug-likeness (QED) is 0.343. The second-order valence-corrected chi connectivity index (χ2v) is 8.14. The van der Waals surface area contributed by atoms with Crippen LogP contribution in [0.25, 0.3) is 0 Å². The van der Waals surface area contributed by atoms with Gasteiger partial charge >= 0.3 is 5.97 Å². The third kappa shape index (κ3) is 8.35. The molecule has 0 aliphatic carbocycles. The molecule has 0 bridgehead atoms. The van der Waals surface area contributed by atoms with Crippen molar-refractivity contribution in [3.8, 4) is 0 Å². The highest BCUT2D eigenvalue weighted by atomic mass is 32.1. The van der Waals surface area contributed by atoms with Gasteiger partial charge in [0.05, 0.1) is 13.0 Å². The Morgan fingerprint density at radius 1 is 0.857 bits per heavy atom. The smallest absolute Gasteiger partial charge is 0.306 e. The Balaban J connectivity index is 1.38.